The van der Waals surface area contributed by atoms with Crippen LogP contribution in [0.5, 0.6) is 0 Å². The van der Waals surface area contributed by atoms with Gasteiger partial charge in [0.25, 0.3) is 0 Å². The Labute approximate surface area is 107 Å². The second-order valence-electron chi connectivity index (χ2n) is 4.56. The van der Waals surface area contributed by atoms with E-state index in [0.717, 1.165) is 12.8 Å². The monoisotopic (exact) mass is 258 g/mol. The van der Waals surface area contributed by atoms with Crippen molar-refractivity contribution in [1.82, 2.24) is 10.2 Å². The molecular formula is C12H22N2O4. The van der Waals surface area contributed by atoms with Crippen LogP contribution in [-0.4, -0.2) is 53.8 Å². The molecule has 18 heavy (non-hydrogen) atoms. The van der Waals surface area contributed by atoms with Gasteiger partial charge in [-0.25, -0.2) is 9.59 Å². The van der Waals surface area contributed by atoms with E-state index in [2.05, 4.69) is 5.32 Å². The number of hydrogen-bond donors (Lipinski definition) is 2. The standard InChI is InChI=1S/C12H22N2O4/c1-4-8(5-2)13-12(17)14-7-9(18-3)6-10(14)11(15)16/h8-10H,4-7H2,1-3H3,(H,13,17)(H,15,16). The van der Waals surface area contributed by atoms with E-state index >= 15 is 0 Å². The average Bonchev–Trinajstić information content (AvgIpc) is 2.80. The molecule has 1 fully saturated rings. The van der Waals surface area contributed by atoms with E-state index in [0.29, 0.717) is 13.0 Å². The summed E-state index contributed by atoms with van der Waals surface area (Å²) < 4.78 is 5.14. The van der Waals surface area contributed by atoms with E-state index in [1.165, 1.54) is 12.0 Å². The van der Waals surface area contributed by atoms with Crippen LogP contribution in [0.15, 0.2) is 0 Å². The third kappa shape index (κ3) is 3.35. The number of carboxylic acid groups (broad SMARTS) is 1. The Morgan fingerprint density at radius 3 is 2.50 bits per heavy atom. The molecule has 6 nitrogen and oxygen atoms in total. The van der Waals surface area contributed by atoms with Gasteiger partial charge in [-0.2, -0.15) is 0 Å². The Balaban J connectivity index is 2.67. The van der Waals surface area contributed by atoms with Crippen LogP contribution in [0.25, 0.3) is 0 Å². The predicted octanol–water partition coefficient (Wildman–Crippen LogP) is 1.06. The van der Waals surface area contributed by atoms with Gasteiger partial charge in [-0.15, -0.1) is 0 Å². The molecule has 6 heteroatoms. The molecule has 1 aliphatic rings. The number of nitrogens with one attached hydrogen (secondary N) is 1. The van der Waals surface area contributed by atoms with Gasteiger partial charge < -0.3 is 20.1 Å². The molecule has 0 spiro atoms. The summed E-state index contributed by atoms with van der Waals surface area (Å²) in [6.45, 7) is 4.32. The van der Waals surface area contributed by atoms with Crippen molar-refractivity contribution in [2.45, 2.75) is 51.3 Å². The van der Waals surface area contributed by atoms with Crippen molar-refractivity contribution in [2.24, 2.45) is 0 Å². The van der Waals surface area contributed by atoms with Gasteiger partial charge >= 0.3 is 12.0 Å². The summed E-state index contributed by atoms with van der Waals surface area (Å²) in [5, 5.41) is 12.0. The number of likely N-dealkylation sites (tertiary alicyclic amines) is 1. The van der Waals surface area contributed by atoms with Crippen LogP contribution in [-0.2, 0) is 9.53 Å². The van der Waals surface area contributed by atoms with Gasteiger partial charge in [0.05, 0.1) is 6.10 Å². The Morgan fingerprint density at radius 2 is 2.06 bits per heavy atom. The van der Waals surface area contributed by atoms with E-state index < -0.39 is 12.0 Å². The van der Waals surface area contributed by atoms with Crippen LogP contribution < -0.4 is 5.32 Å². The number of carbonyl (C=O) groups excluding carboxylic acids is 1. The van der Waals surface area contributed by atoms with Crippen LogP contribution in [0.3, 0.4) is 0 Å². The number of amides is 2. The number of nitrogens with zero attached hydrogens (tertiary/aromatic N) is 1. The average molecular weight is 258 g/mol. The first-order valence-corrected chi connectivity index (χ1v) is 6.36. The van der Waals surface area contributed by atoms with Gasteiger partial charge in [-0.3, -0.25) is 0 Å². The SMILES string of the molecule is CCC(CC)NC(=O)N1CC(OC)CC1C(=O)O. The molecule has 0 bridgehead atoms. The van der Waals surface area contributed by atoms with E-state index in [-0.39, 0.29) is 18.2 Å². The molecule has 2 N–H and O–H groups in total. The first kappa shape index (κ1) is 14.8. The van der Waals surface area contributed by atoms with Crippen molar-refractivity contribution >= 4 is 12.0 Å². The minimum Gasteiger partial charge on any atom is -0.480 e. The molecule has 1 saturated heterocycles. The van der Waals surface area contributed by atoms with Crippen molar-refractivity contribution in [3.63, 3.8) is 0 Å². The molecule has 0 aromatic carbocycles. The van der Waals surface area contributed by atoms with Crippen LogP contribution in [0.2, 0.25) is 0 Å². The van der Waals surface area contributed by atoms with Gasteiger partial charge in [0.15, 0.2) is 0 Å². The third-order valence-electron chi connectivity index (χ3n) is 3.46. The maximum atomic E-state index is 12.0. The smallest absolute Gasteiger partial charge is 0.326 e. The third-order valence-corrected chi connectivity index (χ3v) is 3.46. The lowest BCUT2D eigenvalue weighted by Crippen LogP contribution is -2.49. The lowest BCUT2D eigenvalue weighted by molar-refractivity contribution is -0.141. The van der Waals surface area contributed by atoms with Gasteiger partial charge in [0.2, 0.25) is 0 Å². The highest BCUT2D eigenvalue weighted by molar-refractivity contribution is 5.83. The minimum absolute atomic E-state index is 0.0912. The Morgan fingerprint density at radius 1 is 1.44 bits per heavy atom. The van der Waals surface area contributed by atoms with E-state index in [4.69, 9.17) is 9.84 Å². The van der Waals surface area contributed by atoms with Gasteiger partial charge in [0, 0.05) is 26.1 Å². The summed E-state index contributed by atoms with van der Waals surface area (Å²) in [6, 6.07) is -1.01. The molecule has 2 amide bonds. The molecule has 2 unspecified atom stereocenters. The molecule has 104 valence electrons. The number of rotatable bonds is 5. The molecule has 1 heterocycles. The lowest BCUT2D eigenvalue weighted by Gasteiger charge is -2.24. The summed E-state index contributed by atoms with van der Waals surface area (Å²) in [6.07, 6.45) is 1.82. The molecule has 0 aromatic heterocycles. The quantitative estimate of drug-likeness (QED) is 0.772. The molecule has 1 rings (SSSR count). The summed E-state index contributed by atoms with van der Waals surface area (Å²) in [5.74, 6) is -0.978. The second-order valence-corrected chi connectivity index (χ2v) is 4.56. The number of aliphatic carboxylic acids is 1. The fourth-order valence-corrected chi connectivity index (χ4v) is 2.18. The molecule has 1 aliphatic heterocycles. The predicted molar refractivity (Wildman–Crippen MR) is 66.4 cm³/mol. The number of urea groups is 1. The number of carboxylic acids is 1. The van der Waals surface area contributed by atoms with E-state index in [1.54, 1.807) is 0 Å². The highest BCUT2D eigenvalue weighted by Gasteiger charge is 2.40. The topological polar surface area (TPSA) is 78.9 Å². The normalized spacial score (nSPS) is 23.4. The Kier molecular flexibility index (Phi) is 5.40. The Bertz CT molecular complexity index is 304. The molecule has 0 aliphatic carbocycles. The van der Waals surface area contributed by atoms with Crippen LogP contribution in [0.4, 0.5) is 4.79 Å². The zero-order chi connectivity index (χ0) is 13.7. The zero-order valence-corrected chi connectivity index (χ0v) is 11.2. The molecular weight excluding hydrogens is 236 g/mol. The molecule has 0 saturated carbocycles. The van der Waals surface area contributed by atoms with Crippen molar-refractivity contribution in [3.05, 3.63) is 0 Å². The molecule has 2 atom stereocenters. The van der Waals surface area contributed by atoms with Crippen molar-refractivity contribution < 1.29 is 19.4 Å². The van der Waals surface area contributed by atoms with Crippen LogP contribution >= 0.6 is 0 Å². The largest absolute Gasteiger partial charge is 0.480 e. The highest BCUT2D eigenvalue weighted by atomic mass is 16.5. The summed E-state index contributed by atoms with van der Waals surface area (Å²) >= 11 is 0. The van der Waals surface area contributed by atoms with E-state index in [9.17, 15) is 9.59 Å². The van der Waals surface area contributed by atoms with E-state index in [1.807, 2.05) is 13.8 Å². The lowest BCUT2D eigenvalue weighted by atomic mass is 10.2. The maximum Gasteiger partial charge on any atom is 0.326 e. The van der Waals surface area contributed by atoms with Crippen LogP contribution in [0, 0.1) is 0 Å². The van der Waals surface area contributed by atoms with Crippen LogP contribution in [0.1, 0.15) is 33.1 Å². The molecule has 0 aromatic rings. The summed E-state index contributed by atoms with van der Waals surface area (Å²) in [4.78, 5) is 24.5. The van der Waals surface area contributed by atoms with Crippen molar-refractivity contribution in [2.75, 3.05) is 13.7 Å². The van der Waals surface area contributed by atoms with Gasteiger partial charge in [-0.1, -0.05) is 13.8 Å². The molecule has 0 radical (unpaired) electrons. The summed E-state index contributed by atoms with van der Waals surface area (Å²) in [5.41, 5.74) is 0. The summed E-state index contributed by atoms with van der Waals surface area (Å²) in [7, 11) is 1.53. The maximum absolute atomic E-state index is 12.0. The Hall–Kier alpha value is -1.30. The van der Waals surface area contributed by atoms with Gasteiger partial charge in [0.1, 0.15) is 6.04 Å². The first-order valence-electron chi connectivity index (χ1n) is 6.36. The fraction of sp³-hybridized carbons (Fsp3) is 0.833. The van der Waals surface area contributed by atoms with Crippen molar-refractivity contribution in [1.29, 1.82) is 0 Å². The first-order chi connectivity index (χ1) is 8.53. The number of hydrogen-bond acceptors (Lipinski definition) is 3. The van der Waals surface area contributed by atoms with Gasteiger partial charge in [-0.05, 0) is 12.8 Å². The second kappa shape index (κ2) is 6.58. The highest BCUT2D eigenvalue weighted by Crippen LogP contribution is 2.20. The van der Waals surface area contributed by atoms with Crippen molar-refractivity contribution in [3.8, 4) is 0 Å². The minimum atomic E-state index is -0.978. The number of carbonyl (C=O) groups is 2. The zero-order valence-electron chi connectivity index (χ0n) is 11.2. The number of methoxy groups -OCH3 is 1. The fourth-order valence-electron chi connectivity index (χ4n) is 2.18. The number of ether oxygens (including phenoxy) is 1.